The van der Waals surface area contributed by atoms with E-state index in [0.29, 0.717) is 6.54 Å². The Morgan fingerprint density at radius 2 is 2.18 bits per heavy atom. The molecule has 1 saturated heterocycles. The van der Waals surface area contributed by atoms with Gasteiger partial charge >= 0.3 is 5.97 Å². The summed E-state index contributed by atoms with van der Waals surface area (Å²) in [5.74, 6) is -0.905. The molecule has 3 rings (SSSR count). The Bertz CT molecular complexity index is 651. The number of thiazole rings is 1. The number of aryl methyl sites for hydroxylation is 1. The van der Waals surface area contributed by atoms with Crippen molar-refractivity contribution in [3.05, 3.63) is 40.9 Å². The molecule has 116 valence electrons. The van der Waals surface area contributed by atoms with E-state index in [1.54, 1.807) is 11.3 Å². The molecule has 1 aliphatic rings. The van der Waals surface area contributed by atoms with Gasteiger partial charge in [-0.1, -0.05) is 31.2 Å². The highest BCUT2D eigenvalue weighted by Gasteiger charge is 2.28. The molecule has 1 N–H and O–H groups in total. The predicted octanol–water partition coefficient (Wildman–Crippen LogP) is 3.28. The van der Waals surface area contributed by atoms with Crippen molar-refractivity contribution in [1.29, 1.82) is 0 Å². The minimum Gasteiger partial charge on any atom is -0.481 e. The molecule has 4 nitrogen and oxygen atoms in total. The van der Waals surface area contributed by atoms with Gasteiger partial charge in [0, 0.05) is 24.0 Å². The number of carboxylic acids is 1. The zero-order valence-electron chi connectivity index (χ0n) is 12.7. The number of likely N-dealkylation sites (tertiary alicyclic amines) is 1. The van der Waals surface area contributed by atoms with Crippen molar-refractivity contribution in [3.63, 3.8) is 0 Å². The van der Waals surface area contributed by atoms with Crippen LogP contribution in [0, 0.1) is 5.92 Å². The Kier molecular flexibility index (Phi) is 4.55. The molecule has 1 unspecified atom stereocenters. The van der Waals surface area contributed by atoms with Crippen molar-refractivity contribution in [2.45, 2.75) is 26.3 Å². The van der Waals surface area contributed by atoms with Gasteiger partial charge in [-0.25, -0.2) is 4.98 Å². The average Bonchev–Trinajstić information content (AvgIpc) is 3.17. The molecule has 0 saturated carbocycles. The second kappa shape index (κ2) is 6.58. The first kappa shape index (κ1) is 15.2. The number of rotatable bonds is 5. The summed E-state index contributed by atoms with van der Waals surface area (Å²) in [6, 6.07) is 8.54. The van der Waals surface area contributed by atoms with E-state index in [0.717, 1.165) is 42.2 Å². The lowest BCUT2D eigenvalue weighted by atomic mass is 10.1. The SMILES string of the molecule is CCc1ccc(-c2nc(CN3CCC(C(=O)O)C3)cs2)cc1. The summed E-state index contributed by atoms with van der Waals surface area (Å²) < 4.78 is 0. The van der Waals surface area contributed by atoms with E-state index in [4.69, 9.17) is 10.1 Å². The maximum atomic E-state index is 11.0. The van der Waals surface area contributed by atoms with Gasteiger partial charge in [0.05, 0.1) is 11.6 Å². The van der Waals surface area contributed by atoms with Gasteiger partial charge in [-0.15, -0.1) is 11.3 Å². The third-order valence-corrected chi connectivity index (χ3v) is 5.11. The number of aliphatic carboxylic acids is 1. The standard InChI is InChI=1S/C17H20N2O2S/c1-2-12-3-5-13(6-4-12)16-18-15(11-22-16)10-19-8-7-14(9-19)17(20)21/h3-6,11,14H,2,7-10H2,1H3,(H,20,21). The third-order valence-electron chi connectivity index (χ3n) is 4.17. The fourth-order valence-corrected chi connectivity index (χ4v) is 3.62. The Labute approximate surface area is 134 Å². The molecule has 1 aromatic carbocycles. The van der Waals surface area contributed by atoms with Crippen LogP contribution < -0.4 is 0 Å². The number of carbonyl (C=O) groups is 1. The monoisotopic (exact) mass is 316 g/mol. The van der Waals surface area contributed by atoms with Crippen LogP contribution in [0.2, 0.25) is 0 Å². The molecule has 0 amide bonds. The smallest absolute Gasteiger partial charge is 0.307 e. The first-order chi connectivity index (χ1) is 10.7. The highest BCUT2D eigenvalue weighted by molar-refractivity contribution is 7.13. The van der Waals surface area contributed by atoms with Gasteiger partial charge in [-0.2, -0.15) is 0 Å². The first-order valence-electron chi connectivity index (χ1n) is 7.64. The van der Waals surface area contributed by atoms with Crippen LogP contribution in [0.5, 0.6) is 0 Å². The molecule has 0 spiro atoms. The zero-order chi connectivity index (χ0) is 15.5. The lowest BCUT2D eigenvalue weighted by molar-refractivity contribution is -0.141. The van der Waals surface area contributed by atoms with Gasteiger partial charge in [-0.05, 0) is 24.9 Å². The average molecular weight is 316 g/mol. The number of hydrogen-bond acceptors (Lipinski definition) is 4. The zero-order valence-corrected chi connectivity index (χ0v) is 13.5. The van der Waals surface area contributed by atoms with Crippen LogP contribution in [0.1, 0.15) is 24.6 Å². The first-order valence-corrected chi connectivity index (χ1v) is 8.52. The fourth-order valence-electron chi connectivity index (χ4n) is 2.80. The molecule has 0 bridgehead atoms. The molecule has 1 fully saturated rings. The van der Waals surface area contributed by atoms with Crippen molar-refractivity contribution in [3.8, 4) is 10.6 Å². The number of benzene rings is 1. The van der Waals surface area contributed by atoms with Crippen molar-refractivity contribution >= 4 is 17.3 Å². The summed E-state index contributed by atoms with van der Waals surface area (Å²) in [6.45, 7) is 4.37. The molecule has 1 aliphatic heterocycles. The molecule has 1 aromatic heterocycles. The van der Waals surface area contributed by atoms with Gasteiger partial charge in [-0.3, -0.25) is 9.69 Å². The van der Waals surface area contributed by atoms with Crippen molar-refractivity contribution in [1.82, 2.24) is 9.88 Å². The van der Waals surface area contributed by atoms with Crippen LogP contribution in [0.4, 0.5) is 0 Å². The molecular formula is C17H20N2O2S. The van der Waals surface area contributed by atoms with Gasteiger partial charge in [0.1, 0.15) is 5.01 Å². The summed E-state index contributed by atoms with van der Waals surface area (Å²) >= 11 is 1.65. The van der Waals surface area contributed by atoms with E-state index in [1.165, 1.54) is 5.56 Å². The van der Waals surface area contributed by atoms with E-state index in [2.05, 4.69) is 41.5 Å². The minimum atomic E-state index is -0.683. The minimum absolute atomic E-state index is 0.223. The predicted molar refractivity (Wildman–Crippen MR) is 87.9 cm³/mol. The van der Waals surface area contributed by atoms with Gasteiger partial charge in [0.25, 0.3) is 0 Å². The third kappa shape index (κ3) is 3.36. The largest absolute Gasteiger partial charge is 0.481 e. The molecular weight excluding hydrogens is 296 g/mol. The molecule has 22 heavy (non-hydrogen) atoms. The topological polar surface area (TPSA) is 53.4 Å². The number of hydrogen-bond donors (Lipinski definition) is 1. The second-order valence-electron chi connectivity index (χ2n) is 5.75. The number of aromatic nitrogens is 1. The summed E-state index contributed by atoms with van der Waals surface area (Å²) in [5, 5.41) is 12.2. The number of carboxylic acid groups (broad SMARTS) is 1. The lowest BCUT2D eigenvalue weighted by Gasteiger charge is -2.12. The second-order valence-corrected chi connectivity index (χ2v) is 6.61. The molecule has 2 heterocycles. The Morgan fingerprint density at radius 3 is 2.82 bits per heavy atom. The van der Waals surface area contributed by atoms with Gasteiger partial charge < -0.3 is 5.11 Å². The van der Waals surface area contributed by atoms with Crippen molar-refractivity contribution in [2.75, 3.05) is 13.1 Å². The highest BCUT2D eigenvalue weighted by Crippen LogP contribution is 2.26. The van der Waals surface area contributed by atoms with Crippen LogP contribution >= 0.6 is 11.3 Å². The maximum Gasteiger partial charge on any atom is 0.307 e. The van der Waals surface area contributed by atoms with Crippen LogP contribution in [-0.2, 0) is 17.8 Å². The Balaban J connectivity index is 1.65. The lowest BCUT2D eigenvalue weighted by Crippen LogP contribution is -2.22. The normalized spacial score (nSPS) is 18.7. The van der Waals surface area contributed by atoms with Crippen molar-refractivity contribution in [2.24, 2.45) is 5.92 Å². The van der Waals surface area contributed by atoms with E-state index in [9.17, 15) is 4.79 Å². The van der Waals surface area contributed by atoms with E-state index < -0.39 is 5.97 Å². The van der Waals surface area contributed by atoms with Crippen LogP contribution in [0.15, 0.2) is 29.6 Å². The highest BCUT2D eigenvalue weighted by atomic mass is 32.1. The van der Waals surface area contributed by atoms with Crippen LogP contribution in [0.25, 0.3) is 10.6 Å². The van der Waals surface area contributed by atoms with Crippen LogP contribution in [-0.4, -0.2) is 34.0 Å². The summed E-state index contributed by atoms with van der Waals surface area (Å²) in [4.78, 5) is 17.9. The van der Waals surface area contributed by atoms with E-state index in [-0.39, 0.29) is 5.92 Å². The summed E-state index contributed by atoms with van der Waals surface area (Å²) in [7, 11) is 0. The summed E-state index contributed by atoms with van der Waals surface area (Å²) in [6.07, 6.45) is 1.79. The molecule has 0 radical (unpaired) electrons. The molecule has 1 atom stereocenters. The Morgan fingerprint density at radius 1 is 1.41 bits per heavy atom. The van der Waals surface area contributed by atoms with E-state index >= 15 is 0 Å². The summed E-state index contributed by atoms with van der Waals surface area (Å²) in [5.41, 5.74) is 3.52. The molecule has 2 aromatic rings. The van der Waals surface area contributed by atoms with Crippen LogP contribution in [0.3, 0.4) is 0 Å². The van der Waals surface area contributed by atoms with E-state index in [1.807, 2.05) is 0 Å². The van der Waals surface area contributed by atoms with Gasteiger partial charge in [0.2, 0.25) is 0 Å². The maximum absolute atomic E-state index is 11.0. The Hall–Kier alpha value is -1.72. The molecule has 0 aliphatic carbocycles. The molecule has 5 heteroatoms. The quantitative estimate of drug-likeness (QED) is 0.920. The van der Waals surface area contributed by atoms with Crippen molar-refractivity contribution < 1.29 is 9.90 Å². The van der Waals surface area contributed by atoms with Gasteiger partial charge in [0.15, 0.2) is 0 Å². The number of nitrogens with zero attached hydrogens (tertiary/aromatic N) is 2. The fraction of sp³-hybridized carbons (Fsp3) is 0.412.